The molecule has 1 aliphatic rings. The molecule has 1 heterocycles. The van der Waals surface area contributed by atoms with E-state index in [2.05, 4.69) is 13.8 Å². The van der Waals surface area contributed by atoms with Gasteiger partial charge in [-0.3, -0.25) is 9.59 Å². The van der Waals surface area contributed by atoms with Crippen LogP contribution in [-0.2, 0) is 9.59 Å². The summed E-state index contributed by atoms with van der Waals surface area (Å²) in [6, 6.07) is 0.130. The van der Waals surface area contributed by atoms with Gasteiger partial charge in [-0.05, 0) is 25.7 Å². The van der Waals surface area contributed by atoms with Crippen molar-refractivity contribution in [2.45, 2.75) is 58.4 Å². The molecule has 2 amide bonds. The highest BCUT2D eigenvalue weighted by Gasteiger charge is 2.23. The van der Waals surface area contributed by atoms with Crippen molar-refractivity contribution in [3.63, 3.8) is 0 Å². The first kappa shape index (κ1) is 20.2. The van der Waals surface area contributed by atoms with Crippen molar-refractivity contribution in [3.8, 4) is 0 Å². The molecule has 0 spiro atoms. The molecule has 0 aliphatic carbocycles. The van der Waals surface area contributed by atoms with Crippen molar-refractivity contribution in [2.24, 2.45) is 5.73 Å². The van der Waals surface area contributed by atoms with Gasteiger partial charge in [-0.15, -0.1) is 12.4 Å². The number of carbonyl (C=O) groups excluding carboxylic acids is 2. The van der Waals surface area contributed by atoms with Crippen LogP contribution in [0.4, 0.5) is 0 Å². The van der Waals surface area contributed by atoms with Crippen LogP contribution in [0.15, 0.2) is 0 Å². The van der Waals surface area contributed by atoms with E-state index in [1.165, 1.54) is 0 Å². The molecule has 6 heteroatoms. The average Bonchev–Trinajstić information content (AvgIpc) is 2.85. The molecule has 0 unspecified atom stereocenters. The van der Waals surface area contributed by atoms with Crippen LogP contribution in [-0.4, -0.2) is 53.8 Å². The fourth-order valence-corrected chi connectivity index (χ4v) is 2.62. The number of hydrogen-bond donors (Lipinski definition) is 1. The van der Waals surface area contributed by atoms with Crippen molar-refractivity contribution >= 4 is 24.2 Å². The van der Waals surface area contributed by atoms with E-state index < -0.39 is 0 Å². The van der Waals surface area contributed by atoms with Gasteiger partial charge >= 0.3 is 0 Å². The minimum atomic E-state index is 0. The van der Waals surface area contributed by atoms with Gasteiger partial charge in [0.15, 0.2) is 0 Å². The van der Waals surface area contributed by atoms with E-state index in [0.717, 1.165) is 38.9 Å². The molecular formula is C15H30ClN3O2. The van der Waals surface area contributed by atoms with Crippen LogP contribution in [0.1, 0.15) is 52.4 Å². The van der Waals surface area contributed by atoms with Gasteiger partial charge < -0.3 is 15.5 Å². The summed E-state index contributed by atoms with van der Waals surface area (Å²) >= 11 is 0. The molecular weight excluding hydrogens is 290 g/mol. The minimum Gasteiger partial charge on any atom is -0.343 e. The van der Waals surface area contributed by atoms with Crippen molar-refractivity contribution < 1.29 is 9.59 Å². The lowest BCUT2D eigenvalue weighted by Gasteiger charge is -2.21. The molecule has 5 nitrogen and oxygen atoms in total. The Bertz CT molecular complexity index is 320. The first-order chi connectivity index (χ1) is 9.58. The molecule has 0 aromatic rings. The number of amides is 2. The fourth-order valence-electron chi connectivity index (χ4n) is 2.62. The van der Waals surface area contributed by atoms with Gasteiger partial charge in [-0.1, -0.05) is 13.8 Å². The van der Waals surface area contributed by atoms with Gasteiger partial charge in [0.25, 0.3) is 0 Å². The Morgan fingerprint density at radius 1 is 1.19 bits per heavy atom. The molecule has 1 saturated heterocycles. The number of halogens is 1. The van der Waals surface area contributed by atoms with E-state index >= 15 is 0 Å². The molecule has 0 aromatic heterocycles. The molecule has 124 valence electrons. The zero-order valence-corrected chi connectivity index (χ0v) is 14.2. The van der Waals surface area contributed by atoms with Gasteiger partial charge in [0, 0.05) is 45.1 Å². The number of nitrogens with two attached hydrogens (primary N) is 1. The fraction of sp³-hybridized carbons (Fsp3) is 0.867. The predicted molar refractivity (Wildman–Crippen MR) is 87.4 cm³/mol. The Morgan fingerprint density at radius 3 is 2.29 bits per heavy atom. The van der Waals surface area contributed by atoms with Gasteiger partial charge in [-0.2, -0.15) is 0 Å². The molecule has 21 heavy (non-hydrogen) atoms. The third-order valence-electron chi connectivity index (χ3n) is 3.70. The maximum Gasteiger partial charge on any atom is 0.222 e. The van der Waals surface area contributed by atoms with Crippen molar-refractivity contribution in [1.82, 2.24) is 9.80 Å². The first-order valence-corrected chi connectivity index (χ1v) is 7.89. The number of hydrogen-bond acceptors (Lipinski definition) is 3. The van der Waals surface area contributed by atoms with Crippen LogP contribution in [0.3, 0.4) is 0 Å². The Morgan fingerprint density at radius 2 is 1.81 bits per heavy atom. The highest BCUT2D eigenvalue weighted by Crippen LogP contribution is 2.11. The summed E-state index contributed by atoms with van der Waals surface area (Å²) in [5, 5.41) is 0. The molecule has 0 aromatic carbocycles. The van der Waals surface area contributed by atoms with E-state index in [-0.39, 0.29) is 30.3 Å². The Kier molecular flexibility index (Phi) is 10.4. The van der Waals surface area contributed by atoms with Gasteiger partial charge in [0.05, 0.1) is 0 Å². The maximum absolute atomic E-state index is 12.1. The molecule has 0 bridgehead atoms. The van der Waals surface area contributed by atoms with Gasteiger partial charge in [-0.25, -0.2) is 0 Å². The Labute approximate surface area is 134 Å². The van der Waals surface area contributed by atoms with Crippen LogP contribution in [0.5, 0.6) is 0 Å². The van der Waals surface area contributed by atoms with Crippen LogP contribution in [0.25, 0.3) is 0 Å². The topological polar surface area (TPSA) is 66.6 Å². The monoisotopic (exact) mass is 319 g/mol. The van der Waals surface area contributed by atoms with Gasteiger partial charge in [0.1, 0.15) is 0 Å². The second-order valence-electron chi connectivity index (χ2n) is 5.62. The number of likely N-dealkylation sites (tertiary alicyclic amines) is 1. The van der Waals surface area contributed by atoms with E-state index in [4.69, 9.17) is 5.73 Å². The lowest BCUT2D eigenvalue weighted by atomic mass is 10.2. The summed E-state index contributed by atoms with van der Waals surface area (Å²) in [4.78, 5) is 27.7. The molecule has 2 N–H and O–H groups in total. The molecule has 0 saturated carbocycles. The smallest absolute Gasteiger partial charge is 0.222 e. The number of nitrogens with zero attached hydrogens (tertiary/aromatic N) is 2. The van der Waals surface area contributed by atoms with E-state index in [9.17, 15) is 9.59 Å². The van der Waals surface area contributed by atoms with Crippen molar-refractivity contribution in [3.05, 3.63) is 0 Å². The van der Waals surface area contributed by atoms with Crippen LogP contribution in [0.2, 0.25) is 0 Å². The Balaban J connectivity index is 0.00000400. The van der Waals surface area contributed by atoms with Crippen LogP contribution in [0, 0.1) is 0 Å². The highest BCUT2D eigenvalue weighted by molar-refractivity contribution is 5.85. The number of rotatable bonds is 8. The van der Waals surface area contributed by atoms with Gasteiger partial charge in [0.2, 0.25) is 11.8 Å². The largest absolute Gasteiger partial charge is 0.343 e. The SMILES string of the molecule is CCCN(CCC)C(=O)CCCC(=O)N1CC[C@@H](N)C1.Cl. The molecule has 1 aliphatic heterocycles. The summed E-state index contributed by atoms with van der Waals surface area (Å²) in [5.74, 6) is 0.322. The summed E-state index contributed by atoms with van der Waals surface area (Å²) < 4.78 is 0. The van der Waals surface area contributed by atoms with E-state index in [0.29, 0.717) is 25.8 Å². The first-order valence-electron chi connectivity index (χ1n) is 7.89. The highest BCUT2D eigenvalue weighted by atomic mass is 35.5. The molecule has 1 rings (SSSR count). The lowest BCUT2D eigenvalue weighted by molar-refractivity contribution is -0.132. The third-order valence-corrected chi connectivity index (χ3v) is 3.70. The minimum absolute atomic E-state index is 0. The van der Waals surface area contributed by atoms with Crippen molar-refractivity contribution in [1.29, 1.82) is 0 Å². The second kappa shape index (κ2) is 10.9. The maximum atomic E-state index is 12.1. The number of carbonyl (C=O) groups is 2. The molecule has 1 fully saturated rings. The molecule has 1 atom stereocenters. The average molecular weight is 320 g/mol. The Hall–Kier alpha value is -0.810. The quantitative estimate of drug-likeness (QED) is 0.741. The summed E-state index contributed by atoms with van der Waals surface area (Å²) in [6.45, 7) is 7.24. The standard InChI is InChI=1S/C15H29N3O2.ClH/c1-3-9-17(10-4-2)14(19)6-5-7-15(20)18-11-8-13(16)12-18;/h13H,3-12,16H2,1-2H3;1H/t13-;/m1./s1. The normalized spacial score (nSPS) is 17.5. The van der Waals surface area contributed by atoms with Crippen LogP contribution >= 0.6 is 12.4 Å². The molecule has 0 radical (unpaired) electrons. The summed E-state index contributed by atoms with van der Waals surface area (Å²) in [7, 11) is 0. The third kappa shape index (κ3) is 7.14. The van der Waals surface area contributed by atoms with Crippen LogP contribution < -0.4 is 5.73 Å². The van der Waals surface area contributed by atoms with E-state index in [1.54, 1.807) is 0 Å². The summed E-state index contributed by atoms with van der Waals surface area (Å²) in [6.07, 6.45) is 4.45. The van der Waals surface area contributed by atoms with E-state index in [1.807, 2.05) is 9.80 Å². The second-order valence-corrected chi connectivity index (χ2v) is 5.62. The van der Waals surface area contributed by atoms with Crippen molar-refractivity contribution in [2.75, 3.05) is 26.2 Å². The zero-order chi connectivity index (χ0) is 15.0. The summed E-state index contributed by atoms with van der Waals surface area (Å²) in [5.41, 5.74) is 5.79. The predicted octanol–water partition coefficient (Wildman–Crippen LogP) is 1.79. The lowest BCUT2D eigenvalue weighted by Crippen LogP contribution is -2.33. The zero-order valence-electron chi connectivity index (χ0n) is 13.3.